The highest BCUT2D eigenvalue weighted by atomic mass is 35.5. The molecule has 5 heteroatoms. The number of carbonyl (C=O) groups is 1. The van der Waals surface area contributed by atoms with Crippen molar-refractivity contribution < 1.29 is 14.3 Å². The topological polar surface area (TPSA) is 38.8 Å². The third-order valence-corrected chi connectivity index (χ3v) is 6.34. The van der Waals surface area contributed by atoms with Gasteiger partial charge in [0.2, 0.25) is 0 Å². The maximum Gasteiger partial charge on any atom is 0.262 e. The van der Waals surface area contributed by atoms with Gasteiger partial charge in [0, 0.05) is 16.3 Å². The van der Waals surface area contributed by atoms with E-state index < -0.39 is 0 Å². The molecule has 5 rings (SSSR count). The molecule has 0 aliphatic carbocycles. The van der Waals surface area contributed by atoms with Gasteiger partial charge in [-0.05, 0) is 70.8 Å². The summed E-state index contributed by atoms with van der Waals surface area (Å²) in [6, 6.07) is 31.3. The zero-order valence-corrected chi connectivity index (χ0v) is 20.7. The van der Waals surface area contributed by atoms with Crippen LogP contribution >= 0.6 is 11.6 Å². The minimum atomic E-state index is -0.109. The molecule has 1 aliphatic heterocycles. The Hall–Kier alpha value is -4.28. The summed E-state index contributed by atoms with van der Waals surface area (Å²) >= 11 is 6.13. The number of amides is 1. The van der Waals surface area contributed by atoms with E-state index in [9.17, 15) is 4.79 Å². The van der Waals surface area contributed by atoms with Crippen LogP contribution in [0.5, 0.6) is 11.5 Å². The fraction of sp³-hybridized carbons (Fsp3) is 0.0645. The van der Waals surface area contributed by atoms with Crippen LogP contribution < -0.4 is 14.4 Å². The fourth-order valence-electron chi connectivity index (χ4n) is 4.26. The van der Waals surface area contributed by atoms with Crippen LogP contribution in [-0.2, 0) is 4.79 Å². The molecule has 0 saturated heterocycles. The number of ether oxygens (including phenoxy) is 2. The Morgan fingerprint density at radius 2 is 1.36 bits per heavy atom. The predicted molar refractivity (Wildman–Crippen MR) is 146 cm³/mol. The van der Waals surface area contributed by atoms with Crippen molar-refractivity contribution in [1.29, 1.82) is 0 Å². The molecular formula is C31H24ClNO3. The smallest absolute Gasteiger partial charge is 0.262 e. The van der Waals surface area contributed by atoms with E-state index in [-0.39, 0.29) is 5.91 Å². The first-order valence-electron chi connectivity index (χ1n) is 11.5. The summed E-state index contributed by atoms with van der Waals surface area (Å²) in [5.41, 5.74) is 6.09. The lowest BCUT2D eigenvalue weighted by molar-refractivity contribution is -0.113. The van der Waals surface area contributed by atoms with Crippen LogP contribution in [0.25, 0.3) is 22.9 Å². The van der Waals surface area contributed by atoms with Crippen LogP contribution in [0, 0.1) is 0 Å². The number of anilines is 1. The largest absolute Gasteiger partial charge is 0.493 e. The molecule has 178 valence electrons. The summed E-state index contributed by atoms with van der Waals surface area (Å²) in [6.45, 7) is 0. The van der Waals surface area contributed by atoms with Crippen molar-refractivity contribution in [1.82, 2.24) is 0 Å². The van der Waals surface area contributed by atoms with Gasteiger partial charge in [0.05, 0.1) is 19.9 Å². The summed E-state index contributed by atoms with van der Waals surface area (Å²) < 4.78 is 10.8. The highest BCUT2D eigenvalue weighted by molar-refractivity contribution is 6.30. The van der Waals surface area contributed by atoms with Gasteiger partial charge in [0.1, 0.15) is 0 Å². The van der Waals surface area contributed by atoms with Gasteiger partial charge in [-0.2, -0.15) is 0 Å². The van der Waals surface area contributed by atoms with E-state index in [4.69, 9.17) is 21.1 Å². The second-order valence-electron chi connectivity index (χ2n) is 8.30. The van der Waals surface area contributed by atoms with Crippen molar-refractivity contribution in [2.45, 2.75) is 0 Å². The molecule has 1 aliphatic rings. The molecule has 36 heavy (non-hydrogen) atoms. The Kier molecular flexibility index (Phi) is 6.61. The highest BCUT2D eigenvalue weighted by Crippen LogP contribution is 2.37. The van der Waals surface area contributed by atoms with Crippen molar-refractivity contribution in [3.63, 3.8) is 0 Å². The molecule has 0 atom stereocenters. The van der Waals surface area contributed by atoms with Crippen LogP contribution in [0.15, 0.2) is 109 Å². The molecule has 0 radical (unpaired) electrons. The number of nitrogens with zero attached hydrogens (tertiary/aromatic N) is 1. The van der Waals surface area contributed by atoms with Gasteiger partial charge < -0.3 is 9.47 Å². The number of benzene rings is 4. The summed E-state index contributed by atoms with van der Waals surface area (Å²) in [4.78, 5) is 15.5. The van der Waals surface area contributed by atoms with Gasteiger partial charge >= 0.3 is 0 Å². The lowest BCUT2D eigenvalue weighted by Crippen LogP contribution is -2.24. The van der Waals surface area contributed by atoms with E-state index >= 15 is 0 Å². The third kappa shape index (κ3) is 4.64. The normalized spacial score (nSPS) is 14.2. The fourth-order valence-corrected chi connectivity index (χ4v) is 4.39. The van der Waals surface area contributed by atoms with Crippen LogP contribution in [0.2, 0.25) is 5.02 Å². The second kappa shape index (κ2) is 10.1. The van der Waals surface area contributed by atoms with E-state index in [1.807, 2.05) is 97.1 Å². The quantitative estimate of drug-likeness (QED) is 0.261. The molecule has 0 saturated carbocycles. The van der Waals surface area contributed by atoms with E-state index in [0.717, 1.165) is 33.6 Å². The van der Waals surface area contributed by atoms with Gasteiger partial charge in [0.15, 0.2) is 11.5 Å². The first-order valence-corrected chi connectivity index (χ1v) is 11.9. The van der Waals surface area contributed by atoms with Crippen LogP contribution in [0.1, 0.15) is 11.1 Å². The number of carbonyl (C=O) groups excluding carboxylic acids is 1. The monoisotopic (exact) mass is 493 g/mol. The number of methoxy groups -OCH3 is 2. The molecule has 0 aromatic heterocycles. The van der Waals surface area contributed by atoms with Gasteiger partial charge in [0.25, 0.3) is 5.91 Å². The molecule has 0 unspecified atom stereocenters. The highest BCUT2D eigenvalue weighted by Gasteiger charge is 2.30. The lowest BCUT2D eigenvalue weighted by atomic mass is 10.0. The zero-order valence-electron chi connectivity index (χ0n) is 19.9. The Morgan fingerprint density at radius 1 is 0.722 bits per heavy atom. The summed E-state index contributed by atoms with van der Waals surface area (Å²) in [5, 5.41) is 0.642. The van der Waals surface area contributed by atoms with Gasteiger partial charge in [-0.1, -0.05) is 72.3 Å². The summed E-state index contributed by atoms with van der Waals surface area (Å²) in [7, 11) is 3.19. The minimum absolute atomic E-state index is 0.109. The average molecular weight is 494 g/mol. The van der Waals surface area contributed by atoms with E-state index in [1.165, 1.54) is 0 Å². The lowest BCUT2D eigenvalue weighted by Gasteiger charge is -2.21. The summed E-state index contributed by atoms with van der Waals surface area (Å²) in [5.74, 6) is 1.13. The van der Waals surface area contributed by atoms with E-state index in [0.29, 0.717) is 22.1 Å². The second-order valence-corrected chi connectivity index (χ2v) is 8.74. The SMILES string of the molecule is COc1ccc(/C=C2\C=C(c3ccc(Cl)cc3)N(c3ccc(-c4ccccc4)cc3)C2=O)cc1OC. The van der Waals surface area contributed by atoms with Gasteiger partial charge in [-0.25, -0.2) is 0 Å². The van der Waals surface area contributed by atoms with Crippen LogP contribution in [0.3, 0.4) is 0 Å². The molecule has 0 fully saturated rings. The van der Waals surface area contributed by atoms with Crippen molar-refractivity contribution in [2.24, 2.45) is 0 Å². The minimum Gasteiger partial charge on any atom is -0.493 e. The molecule has 0 bridgehead atoms. The molecular weight excluding hydrogens is 470 g/mol. The van der Waals surface area contributed by atoms with Crippen molar-refractivity contribution >= 4 is 35.0 Å². The zero-order chi connectivity index (χ0) is 25.1. The maximum absolute atomic E-state index is 13.7. The molecule has 4 nitrogen and oxygen atoms in total. The third-order valence-electron chi connectivity index (χ3n) is 6.09. The van der Waals surface area contributed by atoms with Crippen molar-refractivity contribution in [3.05, 3.63) is 125 Å². The van der Waals surface area contributed by atoms with Gasteiger partial charge in [-0.3, -0.25) is 9.69 Å². The Bertz CT molecular complexity index is 1460. The molecule has 0 N–H and O–H groups in total. The Labute approximate surface area is 215 Å². The van der Waals surface area contributed by atoms with Crippen molar-refractivity contribution in [2.75, 3.05) is 19.1 Å². The number of hydrogen-bond acceptors (Lipinski definition) is 3. The molecule has 0 spiro atoms. The number of halogens is 1. The van der Waals surface area contributed by atoms with Gasteiger partial charge in [-0.15, -0.1) is 0 Å². The molecule has 4 aromatic carbocycles. The average Bonchev–Trinajstić information content (AvgIpc) is 3.25. The number of rotatable bonds is 6. The predicted octanol–water partition coefficient (Wildman–Crippen LogP) is 7.50. The molecule has 4 aromatic rings. The van der Waals surface area contributed by atoms with Crippen LogP contribution in [0.4, 0.5) is 5.69 Å². The van der Waals surface area contributed by atoms with Crippen LogP contribution in [-0.4, -0.2) is 20.1 Å². The van der Waals surface area contributed by atoms with Crippen molar-refractivity contribution in [3.8, 4) is 22.6 Å². The van der Waals surface area contributed by atoms with E-state index in [1.54, 1.807) is 19.1 Å². The Balaban J connectivity index is 1.55. The van der Waals surface area contributed by atoms with E-state index in [2.05, 4.69) is 12.1 Å². The first kappa shape index (κ1) is 23.5. The standard InChI is InChI=1S/C31H24ClNO3/c1-35-29-17-8-21(19-30(29)36-2)18-25-20-28(24-9-13-26(32)14-10-24)33(31(25)34)27-15-11-23(12-16-27)22-6-4-3-5-7-22/h3-20H,1-2H3/b25-18+. The summed E-state index contributed by atoms with van der Waals surface area (Å²) in [6.07, 6.45) is 3.77. The molecule has 1 amide bonds. The number of hydrogen-bond donors (Lipinski definition) is 0. The first-order chi connectivity index (χ1) is 17.6. The molecule has 1 heterocycles. The Morgan fingerprint density at radius 3 is 2.03 bits per heavy atom. The maximum atomic E-state index is 13.7.